The smallest absolute Gasteiger partial charge is 0.166 e. The standard InChI is InChI=1S/C14H12BrFO2/c15-12-6-11(8-17)14(13(16)7-12)18-9-10-4-2-1-3-5-10/h1-7,17H,8-9H2. The van der Waals surface area contributed by atoms with E-state index in [1.807, 2.05) is 30.3 Å². The summed E-state index contributed by atoms with van der Waals surface area (Å²) in [5, 5.41) is 9.20. The molecule has 1 N–H and O–H groups in total. The lowest BCUT2D eigenvalue weighted by Gasteiger charge is -2.11. The predicted molar refractivity (Wildman–Crippen MR) is 70.8 cm³/mol. The van der Waals surface area contributed by atoms with Gasteiger partial charge < -0.3 is 9.84 Å². The van der Waals surface area contributed by atoms with Crippen LogP contribution in [0.3, 0.4) is 0 Å². The molecule has 0 aliphatic rings. The van der Waals surface area contributed by atoms with Crippen molar-refractivity contribution >= 4 is 15.9 Å². The Morgan fingerprint density at radius 1 is 1.17 bits per heavy atom. The molecule has 0 aliphatic heterocycles. The number of ether oxygens (including phenoxy) is 1. The van der Waals surface area contributed by atoms with E-state index in [0.717, 1.165) is 5.56 Å². The van der Waals surface area contributed by atoms with Crippen LogP contribution in [0.4, 0.5) is 4.39 Å². The van der Waals surface area contributed by atoms with Crippen molar-refractivity contribution < 1.29 is 14.2 Å². The highest BCUT2D eigenvalue weighted by atomic mass is 79.9. The van der Waals surface area contributed by atoms with Gasteiger partial charge in [-0.2, -0.15) is 0 Å². The summed E-state index contributed by atoms with van der Waals surface area (Å²) in [6.07, 6.45) is 0. The van der Waals surface area contributed by atoms with Crippen LogP contribution < -0.4 is 4.74 Å². The largest absolute Gasteiger partial charge is 0.485 e. The molecule has 4 heteroatoms. The van der Waals surface area contributed by atoms with Gasteiger partial charge in [0.05, 0.1) is 6.61 Å². The highest BCUT2D eigenvalue weighted by Gasteiger charge is 2.11. The molecule has 0 radical (unpaired) electrons. The van der Waals surface area contributed by atoms with Crippen LogP contribution in [0.2, 0.25) is 0 Å². The van der Waals surface area contributed by atoms with Crippen LogP contribution in [0, 0.1) is 5.82 Å². The number of aliphatic hydroxyl groups is 1. The van der Waals surface area contributed by atoms with Gasteiger partial charge >= 0.3 is 0 Å². The monoisotopic (exact) mass is 310 g/mol. The lowest BCUT2D eigenvalue weighted by atomic mass is 10.2. The molecule has 2 aromatic rings. The summed E-state index contributed by atoms with van der Waals surface area (Å²) in [5.74, 6) is -0.381. The summed E-state index contributed by atoms with van der Waals surface area (Å²) in [6.45, 7) is 0.00682. The molecule has 0 amide bonds. The van der Waals surface area contributed by atoms with E-state index in [-0.39, 0.29) is 19.0 Å². The van der Waals surface area contributed by atoms with Crippen LogP contribution in [0.5, 0.6) is 5.75 Å². The second-order valence-corrected chi connectivity index (χ2v) is 4.72. The average Bonchev–Trinajstić information content (AvgIpc) is 2.38. The lowest BCUT2D eigenvalue weighted by molar-refractivity contribution is 0.251. The molecule has 0 saturated carbocycles. The summed E-state index contributed by atoms with van der Waals surface area (Å²) in [4.78, 5) is 0. The molecule has 0 fully saturated rings. The van der Waals surface area contributed by atoms with E-state index in [9.17, 15) is 9.50 Å². The third kappa shape index (κ3) is 3.09. The first-order chi connectivity index (χ1) is 8.70. The number of hydrogen-bond donors (Lipinski definition) is 1. The zero-order valence-electron chi connectivity index (χ0n) is 9.57. The van der Waals surface area contributed by atoms with Gasteiger partial charge in [-0.25, -0.2) is 4.39 Å². The Labute approximate surface area is 113 Å². The van der Waals surface area contributed by atoms with Crippen molar-refractivity contribution in [1.82, 2.24) is 0 Å². The topological polar surface area (TPSA) is 29.5 Å². The minimum atomic E-state index is -0.482. The van der Waals surface area contributed by atoms with E-state index < -0.39 is 5.82 Å². The molecular weight excluding hydrogens is 299 g/mol. The van der Waals surface area contributed by atoms with Crippen LogP contribution in [0.25, 0.3) is 0 Å². The minimum Gasteiger partial charge on any atom is -0.485 e. The van der Waals surface area contributed by atoms with Gasteiger partial charge in [-0.15, -0.1) is 0 Å². The average molecular weight is 311 g/mol. The fourth-order valence-corrected chi connectivity index (χ4v) is 2.10. The van der Waals surface area contributed by atoms with E-state index in [1.165, 1.54) is 6.07 Å². The van der Waals surface area contributed by atoms with E-state index in [1.54, 1.807) is 6.07 Å². The minimum absolute atomic E-state index is 0.101. The first kappa shape index (κ1) is 13.1. The Bertz CT molecular complexity index is 529. The Morgan fingerprint density at radius 3 is 2.56 bits per heavy atom. The van der Waals surface area contributed by atoms with Crippen LogP contribution >= 0.6 is 15.9 Å². The number of benzene rings is 2. The first-order valence-electron chi connectivity index (χ1n) is 5.46. The molecule has 0 atom stereocenters. The predicted octanol–water partition coefficient (Wildman–Crippen LogP) is 3.66. The van der Waals surface area contributed by atoms with E-state index in [0.29, 0.717) is 10.0 Å². The van der Waals surface area contributed by atoms with Crippen molar-refractivity contribution in [3.63, 3.8) is 0 Å². The number of rotatable bonds is 4. The van der Waals surface area contributed by atoms with Crippen molar-refractivity contribution in [2.24, 2.45) is 0 Å². The van der Waals surface area contributed by atoms with Crippen molar-refractivity contribution in [2.45, 2.75) is 13.2 Å². The second-order valence-electron chi connectivity index (χ2n) is 3.81. The maximum Gasteiger partial charge on any atom is 0.166 e. The van der Waals surface area contributed by atoms with Crippen LogP contribution in [0.15, 0.2) is 46.9 Å². The van der Waals surface area contributed by atoms with Crippen LogP contribution in [0.1, 0.15) is 11.1 Å². The molecule has 18 heavy (non-hydrogen) atoms. The molecule has 0 heterocycles. The number of aliphatic hydroxyl groups excluding tert-OH is 1. The molecule has 0 saturated heterocycles. The van der Waals surface area contributed by atoms with Crippen LogP contribution in [-0.2, 0) is 13.2 Å². The maximum absolute atomic E-state index is 13.7. The Balaban J connectivity index is 2.19. The van der Waals surface area contributed by atoms with E-state index >= 15 is 0 Å². The van der Waals surface area contributed by atoms with Gasteiger partial charge in [0, 0.05) is 10.0 Å². The molecule has 0 bridgehead atoms. The zero-order chi connectivity index (χ0) is 13.0. The molecular formula is C14H12BrFO2. The molecule has 0 spiro atoms. The third-order valence-electron chi connectivity index (χ3n) is 2.48. The SMILES string of the molecule is OCc1cc(Br)cc(F)c1OCc1ccccc1. The van der Waals surface area contributed by atoms with Crippen molar-refractivity contribution in [3.05, 3.63) is 63.9 Å². The van der Waals surface area contributed by atoms with E-state index in [2.05, 4.69) is 15.9 Å². The van der Waals surface area contributed by atoms with Gasteiger partial charge in [0.1, 0.15) is 6.61 Å². The third-order valence-corrected chi connectivity index (χ3v) is 2.94. The highest BCUT2D eigenvalue weighted by molar-refractivity contribution is 9.10. The van der Waals surface area contributed by atoms with Gasteiger partial charge in [-0.05, 0) is 17.7 Å². The van der Waals surface area contributed by atoms with Gasteiger partial charge in [-0.3, -0.25) is 0 Å². The Hall–Kier alpha value is -1.39. The molecule has 94 valence electrons. The fraction of sp³-hybridized carbons (Fsp3) is 0.143. The van der Waals surface area contributed by atoms with Crippen molar-refractivity contribution in [2.75, 3.05) is 0 Å². The van der Waals surface area contributed by atoms with Gasteiger partial charge in [0.2, 0.25) is 0 Å². The number of halogens is 2. The molecule has 0 aromatic heterocycles. The summed E-state index contributed by atoms with van der Waals surface area (Å²) >= 11 is 3.18. The number of hydrogen-bond acceptors (Lipinski definition) is 2. The van der Waals surface area contributed by atoms with Gasteiger partial charge in [0.25, 0.3) is 0 Å². The van der Waals surface area contributed by atoms with Gasteiger partial charge in [-0.1, -0.05) is 46.3 Å². The fourth-order valence-electron chi connectivity index (χ4n) is 1.62. The summed E-state index contributed by atoms with van der Waals surface area (Å²) in [6, 6.07) is 12.4. The summed E-state index contributed by atoms with van der Waals surface area (Å²) in [5.41, 5.74) is 1.38. The quantitative estimate of drug-likeness (QED) is 0.934. The van der Waals surface area contributed by atoms with Crippen LogP contribution in [-0.4, -0.2) is 5.11 Å². The first-order valence-corrected chi connectivity index (χ1v) is 6.25. The molecule has 2 rings (SSSR count). The molecule has 2 aromatic carbocycles. The summed E-state index contributed by atoms with van der Waals surface area (Å²) in [7, 11) is 0. The molecule has 2 nitrogen and oxygen atoms in total. The second kappa shape index (κ2) is 5.98. The molecule has 0 aliphatic carbocycles. The lowest BCUT2D eigenvalue weighted by Crippen LogP contribution is -2.01. The van der Waals surface area contributed by atoms with E-state index in [4.69, 9.17) is 4.74 Å². The van der Waals surface area contributed by atoms with Crippen molar-refractivity contribution in [3.8, 4) is 5.75 Å². The highest BCUT2D eigenvalue weighted by Crippen LogP contribution is 2.28. The summed E-state index contributed by atoms with van der Waals surface area (Å²) < 4.78 is 19.8. The Morgan fingerprint density at radius 2 is 1.89 bits per heavy atom. The zero-order valence-corrected chi connectivity index (χ0v) is 11.2. The molecule has 0 unspecified atom stereocenters. The maximum atomic E-state index is 13.7. The van der Waals surface area contributed by atoms with Gasteiger partial charge in [0.15, 0.2) is 11.6 Å². The Kier molecular flexibility index (Phi) is 4.33. The van der Waals surface area contributed by atoms with Crippen molar-refractivity contribution in [1.29, 1.82) is 0 Å². The normalized spacial score (nSPS) is 10.4.